The molecular weight excluding hydrogens is 433 g/mol. The molecule has 3 N–H and O–H groups in total. The van der Waals surface area contributed by atoms with Crippen molar-refractivity contribution < 1.29 is 22.4 Å². The van der Waals surface area contributed by atoms with Crippen LogP contribution in [0, 0.1) is 5.82 Å². The fourth-order valence-corrected chi connectivity index (χ4v) is 4.85. The van der Waals surface area contributed by atoms with Crippen LogP contribution >= 0.6 is 11.6 Å². The topological polar surface area (TPSA) is 110 Å². The van der Waals surface area contributed by atoms with Crippen molar-refractivity contribution in [3.05, 3.63) is 58.4 Å². The van der Waals surface area contributed by atoms with E-state index in [4.69, 9.17) is 17.3 Å². The summed E-state index contributed by atoms with van der Waals surface area (Å²) < 4.78 is 39.4. The molecule has 2 aromatic carbocycles. The second-order valence-electron chi connectivity index (χ2n) is 7.37. The van der Waals surface area contributed by atoms with Crippen LogP contribution in [0.25, 0.3) is 0 Å². The van der Waals surface area contributed by atoms with Crippen LogP contribution in [-0.2, 0) is 21.2 Å². The van der Waals surface area contributed by atoms with E-state index in [2.05, 4.69) is 5.32 Å². The fraction of sp³-hybridized carbons (Fsp3) is 0.300. The molecule has 0 fully saturated rings. The zero-order valence-electron chi connectivity index (χ0n) is 16.4. The lowest BCUT2D eigenvalue weighted by Crippen LogP contribution is -2.45. The highest BCUT2D eigenvalue weighted by Gasteiger charge is 2.36. The summed E-state index contributed by atoms with van der Waals surface area (Å²) in [6, 6.07) is 6.62. The van der Waals surface area contributed by atoms with Gasteiger partial charge in [-0.2, -0.15) is 0 Å². The molecule has 3 rings (SSSR count). The standard InChI is InChI=1S/C20H21ClFN3O4S/c1-11(2)24-19(26)13-4-6-18-17(8-13)25(20(27)16(23)10-30(18,28)29)9-12-3-5-14(21)15(22)7-12/h3-8,11,16H,9-10,23H2,1-2H3,(H,24,26)/t16-/m0/s1. The minimum absolute atomic E-state index is 0.0275. The number of carbonyl (C=O) groups is 2. The van der Waals surface area contributed by atoms with Crippen LogP contribution in [0.3, 0.4) is 0 Å². The molecule has 0 spiro atoms. The quantitative estimate of drug-likeness (QED) is 0.738. The minimum Gasteiger partial charge on any atom is -0.350 e. The molecule has 1 aliphatic heterocycles. The van der Waals surface area contributed by atoms with E-state index in [9.17, 15) is 22.4 Å². The highest BCUT2D eigenvalue weighted by molar-refractivity contribution is 7.91. The van der Waals surface area contributed by atoms with Crippen LogP contribution in [0.4, 0.5) is 10.1 Å². The molecule has 10 heteroatoms. The SMILES string of the molecule is CC(C)NC(=O)c1ccc2c(c1)N(Cc1ccc(Cl)c(F)c1)C(=O)[C@@H](N)CS2(=O)=O. The molecule has 160 valence electrons. The van der Waals surface area contributed by atoms with Crippen molar-refractivity contribution >= 4 is 38.9 Å². The summed E-state index contributed by atoms with van der Waals surface area (Å²) in [6.45, 7) is 3.43. The summed E-state index contributed by atoms with van der Waals surface area (Å²) in [7, 11) is -3.88. The first-order valence-electron chi connectivity index (χ1n) is 9.18. The average molecular weight is 454 g/mol. The summed E-state index contributed by atoms with van der Waals surface area (Å²) in [5.41, 5.74) is 6.45. The lowest BCUT2D eigenvalue weighted by atomic mass is 10.1. The van der Waals surface area contributed by atoms with Crippen molar-refractivity contribution in [3.63, 3.8) is 0 Å². The van der Waals surface area contributed by atoms with E-state index >= 15 is 0 Å². The Morgan fingerprint density at radius 1 is 1.30 bits per heavy atom. The maximum atomic E-state index is 13.9. The maximum Gasteiger partial charge on any atom is 0.251 e. The number of nitrogens with one attached hydrogen (secondary N) is 1. The number of amides is 2. The van der Waals surface area contributed by atoms with Crippen LogP contribution in [0.15, 0.2) is 41.3 Å². The number of nitrogens with two attached hydrogens (primary N) is 1. The summed E-state index contributed by atoms with van der Waals surface area (Å²) in [5.74, 6) is -2.29. The van der Waals surface area contributed by atoms with E-state index in [1.165, 1.54) is 35.2 Å². The third kappa shape index (κ3) is 4.48. The Kier molecular flexibility index (Phi) is 6.16. The van der Waals surface area contributed by atoms with E-state index in [0.29, 0.717) is 5.56 Å². The Hall–Kier alpha value is -2.49. The van der Waals surface area contributed by atoms with Crippen molar-refractivity contribution in [2.45, 2.75) is 37.4 Å². The normalized spacial score (nSPS) is 18.1. The van der Waals surface area contributed by atoms with Gasteiger partial charge in [0.05, 0.1) is 33.9 Å². The number of carbonyl (C=O) groups excluding carboxylic acids is 2. The van der Waals surface area contributed by atoms with Crippen LogP contribution in [0.2, 0.25) is 5.02 Å². The van der Waals surface area contributed by atoms with Gasteiger partial charge in [-0.1, -0.05) is 17.7 Å². The highest BCUT2D eigenvalue weighted by Crippen LogP contribution is 2.33. The van der Waals surface area contributed by atoms with E-state index in [1.807, 2.05) is 0 Å². The molecule has 2 aromatic rings. The first-order chi connectivity index (χ1) is 14.0. The Morgan fingerprint density at radius 3 is 2.63 bits per heavy atom. The third-order valence-electron chi connectivity index (χ3n) is 4.57. The van der Waals surface area contributed by atoms with Crippen LogP contribution in [0.1, 0.15) is 29.8 Å². The zero-order chi connectivity index (χ0) is 22.2. The number of halogens is 2. The summed E-state index contributed by atoms with van der Waals surface area (Å²) >= 11 is 5.72. The lowest BCUT2D eigenvalue weighted by molar-refractivity contribution is -0.119. The van der Waals surface area contributed by atoms with E-state index in [1.54, 1.807) is 13.8 Å². The smallest absolute Gasteiger partial charge is 0.251 e. The molecule has 0 aromatic heterocycles. The second-order valence-corrected chi connectivity index (χ2v) is 9.78. The number of hydrogen-bond acceptors (Lipinski definition) is 5. The highest BCUT2D eigenvalue weighted by atomic mass is 35.5. The van der Waals surface area contributed by atoms with Crippen LogP contribution in [0.5, 0.6) is 0 Å². The Balaban J connectivity index is 2.13. The van der Waals surface area contributed by atoms with Crippen molar-refractivity contribution in [1.82, 2.24) is 5.32 Å². The number of rotatable bonds is 4. The molecule has 2 amide bonds. The molecule has 0 radical (unpaired) electrons. The molecule has 30 heavy (non-hydrogen) atoms. The van der Waals surface area contributed by atoms with Crippen molar-refractivity contribution in [1.29, 1.82) is 0 Å². The van der Waals surface area contributed by atoms with Gasteiger partial charge in [0.15, 0.2) is 9.84 Å². The minimum atomic E-state index is -3.88. The van der Waals surface area contributed by atoms with E-state index in [-0.39, 0.29) is 33.8 Å². The summed E-state index contributed by atoms with van der Waals surface area (Å²) in [5, 5.41) is 2.64. The van der Waals surface area contributed by atoms with Gasteiger partial charge in [-0.15, -0.1) is 0 Å². The third-order valence-corrected chi connectivity index (χ3v) is 6.69. The van der Waals surface area contributed by atoms with E-state index < -0.39 is 39.3 Å². The van der Waals surface area contributed by atoms with Crippen LogP contribution in [-0.4, -0.2) is 38.1 Å². The van der Waals surface area contributed by atoms with Crippen molar-refractivity contribution in [2.24, 2.45) is 5.73 Å². The van der Waals surface area contributed by atoms with Gasteiger partial charge in [-0.25, -0.2) is 12.8 Å². The predicted octanol–water partition coefficient (Wildman–Crippen LogP) is 2.27. The summed E-state index contributed by atoms with van der Waals surface area (Å²) in [6.07, 6.45) is 0. The van der Waals surface area contributed by atoms with Crippen molar-refractivity contribution in [2.75, 3.05) is 10.7 Å². The molecule has 0 saturated carbocycles. The monoisotopic (exact) mass is 453 g/mol. The maximum absolute atomic E-state index is 13.9. The van der Waals surface area contributed by atoms with Crippen molar-refractivity contribution in [3.8, 4) is 0 Å². The van der Waals surface area contributed by atoms with Gasteiger partial charge in [-0.3, -0.25) is 9.59 Å². The molecule has 1 atom stereocenters. The first-order valence-corrected chi connectivity index (χ1v) is 11.2. The number of fused-ring (bicyclic) bond motifs is 1. The van der Waals surface area contributed by atoms with Gasteiger partial charge in [0.25, 0.3) is 5.91 Å². The lowest BCUT2D eigenvalue weighted by Gasteiger charge is -2.25. The zero-order valence-corrected chi connectivity index (χ0v) is 17.9. The van der Waals surface area contributed by atoms with E-state index in [0.717, 1.165) is 6.07 Å². The predicted molar refractivity (Wildman–Crippen MR) is 112 cm³/mol. The molecular formula is C20H21ClFN3O4S. The number of hydrogen-bond donors (Lipinski definition) is 2. The Labute approximate surface area is 178 Å². The number of nitrogens with zero attached hydrogens (tertiary/aromatic N) is 1. The average Bonchev–Trinajstić information content (AvgIpc) is 2.72. The number of benzene rings is 2. The Morgan fingerprint density at radius 2 is 2.00 bits per heavy atom. The van der Waals surface area contributed by atoms with Gasteiger partial charge in [0.2, 0.25) is 5.91 Å². The van der Waals surface area contributed by atoms with Gasteiger partial charge < -0.3 is 16.0 Å². The van der Waals surface area contributed by atoms with Gasteiger partial charge >= 0.3 is 0 Å². The number of anilines is 1. The molecule has 0 saturated heterocycles. The van der Waals surface area contributed by atoms with Crippen LogP contribution < -0.4 is 16.0 Å². The molecule has 1 heterocycles. The molecule has 7 nitrogen and oxygen atoms in total. The van der Waals surface area contributed by atoms with Gasteiger partial charge in [0.1, 0.15) is 5.82 Å². The molecule has 0 aliphatic carbocycles. The first kappa shape index (κ1) is 22.2. The number of sulfone groups is 1. The second kappa shape index (κ2) is 8.33. The fourth-order valence-electron chi connectivity index (χ4n) is 3.18. The molecule has 0 bridgehead atoms. The molecule has 0 unspecified atom stereocenters. The largest absolute Gasteiger partial charge is 0.350 e. The van der Waals surface area contributed by atoms with Gasteiger partial charge in [-0.05, 0) is 49.7 Å². The van der Waals surface area contributed by atoms with Gasteiger partial charge in [0, 0.05) is 11.6 Å². The molecule has 1 aliphatic rings. The summed E-state index contributed by atoms with van der Waals surface area (Å²) in [4.78, 5) is 26.4. The Bertz CT molecular complexity index is 1120.